The number of ether oxygens (including phenoxy) is 4. The van der Waals surface area contributed by atoms with Crippen LogP contribution in [0.15, 0.2) is 36.4 Å². The number of hydrogen-bond acceptors (Lipinski definition) is 7. The Labute approximate surface area is 158 Å². The highest BCUT2D eigenvalue weighted by Crippen LogP contribution is 2.26. The summed E-state index contributed by atoms with van der Waals surface area (Å²) in [4.78, 5) is 34.9. The third kappa shape index (κ3) is 7.77. The smallest absolute Gasteiger partial charge is 0.331 e. The Kier molecular flexibility index (Phi) is 9.36. The molecule has 1 unspecified atom stereocenters. The second-order valence-electron chi connectivity index (χ2n) is 5.24. The molecule has 0 bridgehead atoms. The van der Waals surface area contributed by atoms with Crippen molar-refractivity contribution < 1.29 is 33.3 Å². The van der Waals surface area contributed by atoms with E-state index >= 15 is 0 Å². The predicted octanol–water partition coefficient (Wildman–Crippen LogP) is 2.73. The number of carbonyl (C=O) groups excluding carboxylic acids is 3. The third-order valence-corrected chi connectivity index (χ3v) is 3.28. The monoisotopic (exact) mass is 376 g/mol. The van der Waals surface area contributed by atoms with Gasteiger partial charge in [0.25, 0.3) is 0 Å². The van der Waals surface area contributed by atoms with Gasteiger partial charge in [0.1, 0.15) is 11.5 Å². The number of benzene rings is 1. The fourth-order valence-corrected chi connectivity index (χ4v) is 1.97. The van der Waals surface area contributed by atoms with Gasteiger partial charge in [-0.2, -0.15) is 0 Å². The first kappa shape index (κ1) is 22.0. The number of esters is 2. The van der Waals surface area contributed by atoms with Gasteiger partial charge in [0.2, 0.25) is 0 Å². The summed E-state index contributed by atoms with van der Waals surface area (Å²) in [5, 5.41) is 0. The fourth-order valence-electron chi connectivity index (χ4n) is 1.97. The molecule has 27 heavy (non-hydrogen) atoms. The van der Waals surface area contributed by atoms with Gasteiger partial charge < -0.3 is 18.9 Å². The van der Waals surface area contributed by atoms with Crippen molar-refractivity contribution in [2.45, 2.75) is 26.9 Å². The maximum absolute atomic E-state index is 12.1. The molecule has 1 aromatic carbocycles. The van der Waals surface area contributed by atoms with E-state index in [1.165, 1.54) is 13.0 Å². The number of carbonyl (C=O) groups is 3. The third-order valence-electron chi connectivity index (χ3n) is 3.28. The molecule has 0 saturated carbocycles. The lowest BCUT2D eigenvalue weighted by molar-refractivity contribution is -0.148. The topological polar surface area (TPSA) is 88.1 Å². The number of hydrogen-bond donors (Lipinski definition) is 0. The number of rotatable bonds is 10. The molecule has 0 N–H and O–H groups in total. The zero-order chi connectivity index (χ0) is 20.2. The van der Waals surface area contributed by atoms with Crippen LogP contribution in [0.1, 0.15) is 26.3 Å². The highest BCUT2D eigenvalue weighted by Gasteiger charge is 2.14. The van der Waals surface area contributed by atoms with Crippen molar-refractivity contribution in [3.05, 3.63) is 42.0 Å². The molecule has 0 aliphatic rings. The minimum absolute atomic E-state index is 0.201. The van der Waals surface area contributed by atoms with Crippen molar-refractivity contribution in [2.24, 2.45) is 0 Å². The van der Waals surface area contributed by atoms with Crippen LogP contribution in [0.3, 0.4) is 0 Å². The van der Waals surface area contributed by atoms with Crippen molar-refractivity contribution in [1.82, 2.24) is 0 Å². The molecule has 7 heteroatoms. The van der Waals surface area contributed by atoms with Gasteiger partial charge in [0, 0.05) is 23.8 Å². The van der Waals surface area contributed by atoms with Crippen LogP contribution in [-0.4, -0.2) is 44.1 Å². The Morgan fingerprint density at radius 1 is 1.04 bits per heavy atom. The summed E-state index contributed by atoms with van der Waals surface area (Å²) >= 11 is 0. The van der Waals surface area contributed by atoms with E-state index in [0.717, 1.165) is 12.2 Å². The largest absolute Gasteiger partial charge is 0.497 e. The summed E-state index contributed by atoms with van der Waals surface area (Å²) in [6.07, 6.45) is 3.74. The fraction of sp³-hybridized carbons (Fsp3) is 0.350. The average Bonchev–Trinajstić information content (AvgIpc) is 2.65. The average molecular weight is 376 g/mol. The van der Waals surface area contributed by atoms with Gasteiger partial charge in [0.15, 0.2) is 11.9 Å². The normalized spacial score (nSPS) is 12.0. The SMILES string of the molecule is CCOC(=O)/C=C/C(=O)OC(C)C(=O)/C=C/c1ccc(OC)cc1OCC. The van der Waals surface area contributed by atoms with Crippen LogP contribution in [0.4, 0.5) is 0 Å². The van der Waals surface area contributed by atoms with E-state index < -0.39 is 23.8 Å². The maximum Gasteiger partial charge on any atom is 0.331 e. The molecule has 0 aliphatic carbocycles. The van der Waals surface area contributed by atoms with Crippen molar-refractivity contribution in [1.29, 1.82) is 0 Å². The molecule has 146 valence electrons. The van der Waals surface area contributed by atoms with Gasteiger partial charge in [-0.3, -0.25) is 4.79 Å². The van der Waals surface area contributed by atoms with Gasteiger partial charge in [-0.05, 0) is 45.1 Å². The number of ketones is 1. The molecule has 0 radical (unpaired) electrons. The van der Waals surface area contributed by atoms with E-state index in [0.29, 0.717) is 23.7 Å². The van der Waals surface area contributed by atoms with Crippen molar-refractivity contribution in [3.63, 3.8) is 0 Å². The van der Waals surface area contributed by atoms with Gasteiger partial charge in [-0.15, -0.1) is 0 Å². The Hall–Kier alpha value is -3.09. The maximum atomic E-state index is 12.1. The number of methoxy groups -OCH3 is 1. The van der Waals surface area contributed by atoms with E-state index in [4.69, 9.17) is 14.2 Å². The molecule has 1 atom stereocenters. The lowest BCUT2D eigenvalue weighted by Gasteiger charge is -2.10. The van der Waals surface area contributed by atoms with Crippen molar-refractivity contribution >= 4 is 23.8 Å². The molecule has 0 spiro atoms. The first-order valence-electron chi connectivity index (χ1n) is 8.49. The van der Waals surface area contributed by atoms with Crippen LogP contribution in [-0.2, 0) is 23.9 Å². The van der Waals surface area contributed by atoms with Crippen LogP contribution in [0, 0.1) is 0 Å². The summed E-state index contributed by atoms with van der Waals surface area (Å²) < 4.78 is 20.3. The summed E-state index contributed by atoms with van der Waals surface area (Å²) in [5.41, 5.74) is 0.687. The van der Waals surface area contributed by atoms with Crippen molar-refractivity contribution in [3.8, 4) is 11.5 Å². The van der Waals surface area contributed by atoms with E-state index in [2.05, 4.69) is 4.74 Å². The minimum atomic E-state index is -1.01. The molecule has 7 nitrogen and oxygen atoms in total. The quantitative estimate of drug-likeness (QED) is 0.458. The van der Waals surface area contributed by atoms with Crippen LogP contribution in [0.2, 0.25) is 0 Å². The van der Waals surface area contributed by atoms with Crippen LogP contribution in [0.25, 0.3) is 6.08 Å². The Morgan fingerprint density at radius 3 is 2.37 bits per heavy atom. The van der Waals surface area contributed by atoms with E-state index in [1.54, 1.807) is 38.3 Å². The van der Waals surface area contributed by atoms with Crippen LogP contribution in [0.5, 0.6) is 11.5 Å². The molecule has 1 aromatic rings. The molecule has 1 rings (SSSR count). The molecule has 0 heterocycles. The molecular formula is C20H24O7. The van der Waals surface area contributed by atoms with E-state index in [-0.39, 0.29) is 6.61 Å². The summed E-state index contributed by atoms with van der Waals surface area (Å²) in [6.45, 7) is 5.61. The molecular weight excluding hydrogens is 352 g/mol. The van der Waals surface area contributed by atoms with Gasteiger partial charge >= 0.3 is 11.9 Å². The molecule has 0 amide bonds. The lowest BCUT2D eigenvalue weighted by Crippen LogP contribution is -2.21. The zero-order valence-corrected chi connectivity index (χ0v) is 15.9. The zero-order valence-electron chi connectivity index (χ0n) is 15.9. The molecule has 0 fully saturated rings. The van der Waals surface area contributed by atoms with Crippen LogP contribution >= 0.6 is 0 Å². The Morgan fingerprint density at radius 2 is 1.74 bits per heavy atom. The molecule has 0 aromatic heterocycles. The van der Waals surface area contributed by atoms with Gasteiger partial charge in [-0.25, -0.2) is 9.59 Å². The van der Waals surface area contributed by atoms with Gasteiger partial charge in [0.05, 0.1) is 20.3 Å². The summed E-state index contributed by atoms with van der Waals surface area (Å²) in [6, 6.07) is 5.22. The van der Waals surface area contributed by atoms with E-state index in [1.807, 2.05) is 6.92 Å². The predicted molar refractivity (Wildman–Crippen MR) is 99.5 cm³/mol. The minimum Gasteiger partial charge on any atom is -0.497 e. The van der Waals surface area contributed by atoms with Gasteiger partial charge in [-0.1, -0.05) is 0 Å². The highest BCUT2D eigenvalue weighted by molar-refractivity contribution is 5.99. The second kappa shape index (κ2) is 11.5. The van der Waals surface area contributed by atoms with Crippen LogP contribution < -0.4 is 9.47 Å². The Balaban J connectivity index is 2.72. The summed E-state index contributed by atoms with van der Waals surface area (Å²) in [5.74, 6) is -0.667. The first-order chi connectivity index (χ1) is 12.9. The van der Waals surface area contributed by atoms with Crippen molar-refractivity contribution in [2.75, 3.05) is 20.3 Å². The summed E-state index contributed by atoms with van der Waals surface area (Å²) in [7, 11) is 1.55. The standard InChI is InChI=1S/C20H24O7/c1-5-25-18-13-16(24-4)9-7-15(18)8-10-17(21)14(3)27-20(23)12-11-19(22)26-6-2/h7-14H,5-6H2,1-4H3/b10-8+,12-11+. The first-order valence-corrected chi connectivity index (χ1v) is 8.49. The molecule has 0 saturated heterocycles. The lowest BCUT2D eigenvalue weighted by atomic mass is 10.1. The Bertz CT molecular complexity index is 719. The highest BCUT2D eigenvalue weighted by atomic mass is 16.5. The van der Waals surface area contributed by atoms with E-state index in [9.17, 15) is 14.4 Å². The molecule has 0 aliphatic heterocycles. The second-order valence-corrected chi connectivity index (χ2v) is 5.24.